The van der Waals surface area contributed by atoms with Crippen molar-refractivity contribution in [2.45, 2.75) is 32.7 Å². The molecule has 5 heteroatoms. The summed E-state index contributed by atoms with van der Waals surface area (Å²) in [5.74, 6) is -0.485. The predicted molar refractivity (Wildman–Crippen MR) is 93.6 cm³/mol. The lowest BCUT2D eigenvalue weighted by molar-refractivity contribution is -0.120. The summed E-state index contributed by atoms with van der Waals surface area (Å²) in [4.78, 5) is 27.8. The third-order valence-electron chi connectivity index (χ3n) is 3.66. The third kappa shape index (κ3) is 5.19. The Morgan fingerprint density at radius 2 is 1.58 bits per heavy atom. The molecule has 1 aromatic carbocycles. The number of hydrogen-bond donors (Lipinski definition) is 2. The standard InChI is InChI=1S/C19H23N3O2/c1-19(2,3)16-6-4-15(5-7-16)18(24)22-13-17(23)21-12-14-8-10-20-11-9-14/h4-11H,12-13H2,1-3H3,(H,21,23)(H,22,24). The number of hydrogen-bond acceptors (Lipinski definition) is 3. The zero-order valence-corrected chi connectivity index (χ0v) is 14.3. The van der Waals surface area contributed by atoms with E-state index in [9.17, 15) is 9.59 Å². The Bertz CT molecular complexity index is 689. The van der Waals surface area contributed by atoms with Crippen molar-refractivity contribution < 1.29 is 9.59 Å². The van der Waals surface area contributed by atoms with Crippen molar-refractivity contribution in [1.29, 1.82) is 0 Å². The van der Waals surface area contributed by atoms with Gasteiger partial charge >= 0.3 is 0 Å². The highest BCUT2D eigenvalue weighted by Crippen LogP contribution is 2.22. The molecular weight excluding hydrogens is 302 g/mol. The summed E-state index contributed by atoms with van der Waals surface area (Å²) in [6.45, 7) is 6.72. The van der Waals surface area contributed by atoms with Crippen LogP contribution in [0.3, 0.4) is 0 Å². The van der Waals surface area contributed by atoms with Gasteiger partial charge in [0.05, 0.1) is 6.54 Å². The Labute approximate surface area is 142 Å². The summed E-state index contributed by atoms with van der Waals surface area (Å²) < 4.78 is 0. The molecule has 2 rings (SSSR count). The smallest absolute Gasteiger partial charge is 0.251 e. The molecule has 5 nitrogen and oxygen atoms in total. The first kappa shape index (κ1) is 17.7. The summed E-state index contributed by atoms with van der Waals surface area (Å²) in [6, 6.07) is 11.1. The highest BCUT2D eigenvalue weighted by Gasteiger charge is 2.14. The minimum absolute atomic E-state index is 0.0435. The van der Waals surface area contributed by atoms with Gasteiger partial charge in [-0.15, -0.1) is 0 Å². The van der Waals surface area contributed by atoms with Gasteiger partial charge in [0.2, 0.25) is 5.91 Å². The van der Waals surface area contributed by atoms with Crippen LogP contribution in [-0.2, 0) is 16.8 Å². The Kier molecular flexibility index (Phi) is 5.68. The fourth-order valence-corrected chi connectivity index (χ4v) is 2.15. The van der Waals surface area contributed by atoms with Crippen molar-refractivity contribution in [3.8, 4) is 0 Å². The minimum atomic E-state index is -0.255. The molecule has 0 radical (unpaired) electrons. The average Bonchev–Trinajstić information content (AvgIpc) is 2.58. The fourth-order valence-electron chi connectivity index (χ4n) is 2.15. The highest BCUT2D eigenvalue weighted by atomic mass is 16.2. The van der Waals surface area contributed by atoms with Crippen molar-refractivity contribution in [2.24, 2.45) is 0 Å². The number of nitrogens with one attached hydrogen (secondary N) is 2. The molecule has 2 aromatic rings. The van der Waals surface area contributed by atoms with Crippen LogP contribution in [0.4, 0.5) is 0 Å². The first-order chi connectivity index (χ1) is 11.4. The lowest BCUT2D eigenvalue weighted by atomic mass is 9.87. The van der Waals surface area contributed by atoms with Crippen molar-refractivity contribution in [1.82, 2.24) is 15.6 Å². The molecular formula is C19H23N3O2. The third-order valence-corrected chi connectivity index (χ3v) is 3.66. The topological polar surface area (TPSA) is 71.1 Å². The molecule has 0 aliphatic carbocycles. The van der Waals surface area contributed by atoms with Crippen molar-refractivity contribution in [3.63, 3.8) is 0 Å². The van der Waals surface area contributed by atoms with Gasteiger partial charge < -0.3 is 10.6 Å². The van der Waals surface area contributed by atoms with Gasteiger partial charge in [-0.25, -0.2) is 0 Å². The van der Waals surface area contributed by atoms with Crippen LogP contribution in [0.25, 0.3) is 0 Å². The van der Waals surface area contributed by atoms with Gasteiger partial charge in [-0.3, -0.25) is 14.6 Å². The van der Waals surface area contributed by atoms with Gasteiger partial charge in [-0.05, 0) is 40.8 Å². The van der Waals surface area contributed by atoms with E-state index in [1.165, 1.54) is 0 Å². The first-order valence-electron chi connectivity index (χ1n) is 7.90. The number of rotatable bonds is 5. The molecule has 2 amide bonds. The molecule has 0 aliphatic rings. The lowest BCUT2D eigenvalue weighted by Gasteiger charge is -2.19. The number of aromatic nitrogens is 1. The summed E-state index contributed by atoms with van der Waals surface area (Å²) in [6.07, 6.45) is 3.34. The van der Waals surface area contributed by atoms with Crippen LogP contribution in [0, 0.1) is 0 Å². The van der Waals surface area contributed by atoms with E-state index in [0.29, 0.717) is 12.1 Å². The summed E-state index contributed by atoms with van der Waals surface area (Å²) in [7, 11) is 0. The molecule has 0 atom stereocenters. The SMILES string of the molecule is CC(C)(C)c1ccc(C(=O)NCC(=O)NCc2ccncc2)cc1. The molecule has 2 N–H and O–H groups in total. The zero-order chi connectivity index (χ0) is 17.6. The minimum Gasteiger partial charge on any atom is -0.350 e. The molecule has 1 aromatic heterocycles. The van der Waals surface area contributed by atoms with Crippen molar-refractivity contribution >= 4 is 11.8 Å². The quantitative estimate of drug-likeness (QED) is 0.887. The Hall–Kier alpha value is -2.69. The van der Waals surface area contributed by atoms with E-state index >= 15 is 0 Å². The van der Waals surface area contributed by atoms with Gasteiger partial charge in [0, 0.05) is 24.5 Å². The second-order valence-corrected chi connectivity index (χ2v) is 6.64. The van der Waals surface area contributed by atoms with E-state index in [1.807, 2.05) is 24.3 Å². The van der Waals surface area contributed by atoms with Crippen LogP contribution in [0.2, 0.25) is 0 Å². The van der Waals surface area contributed by atoms with E-state index in [4.69, 9.17) is 0 Å². The summed E-state index contributed by atoms with van der Waals surface area (Å²) >= 11 is 0. The number of carbonyl (C=O) groups excluding carboxylic acids is 2. The second kappa shape index (κ2) is 7.73. The molecule has 126 valence electrons. The number of nitrogens with zero attached hydrogens (tertiary/aromatic N) is 1. The molecule has 0 aliphatic heterocycles. The second-order valence-electron chi connectivity index (χ2n) is 6.64. The maximum absolute atomic E-state index is 12.1. The van der Waals surface area contributed by atoms with Crippen LogP contribution in [0.1, 0.15) is 42.3 Å². The molecule has 0 saturated carbocycles. The summed E-state index contributed by atoms with van der Waals surface area (Å²) in [5, 5.41) is 5.38. The molecule has 0 bridgehead atoms. The molecule has 0 saturated heterocycles. The largest absolute Gasteiger partial charge is 0.350 e. The van der Waals surface area contributed by atoms with E-state index in [-0.39, 0.29) is 23.8 Å². The molecule has 0 unspecified atom stereocenters. The van der Waals surface area contributed by atoms with Crippen LogP contribution < -0.4 is 10.6 Å². The predicted octanol–water partition coefficient (Wildman–Crippen LogP) is 2.43. The number of benzene rings is 1. The first-order valence-corrected chi connectivity index (χ1v) is 7.90. The van der Waals surface area contributed by atoms with Crippen LogP contribution in [-0.4, -0.2) is 23.3 Å². The number of carbonyl (C=O) groups is 2. The van der Waals surface area contributed by atoms with E-state index in [1.54, 1.807) is 24.5 Å². The Balaban J connectivity index is 1.81. The lowest BCUT2D eigenvalue weighted by Crippen LogP contribution is -2.36. The van der Waals surface area contributed by atoms with Gasteiger partial charge in [-0.2, -0.15) is 0 Å². The van der Waals surface area contributed by atoms with Crippen molar-refractivity contribution in [3.05, 3.63) is 65.5 Å². The van der Waals surface area contributed by atoms with Crippen LogP contribution in [0.15, 0.2) is 48.8 Å². The maximum atomic E-state index is 12.1. The fraction of sp³-hybridized carbons (Fsp3) is 0.316. The summed E-state index contributed by atoms with van der Waals surface area (Å²) in [5.41, 5.74) is 2.71. The monoisotopic (exact) mass is 325 g/mol. The number of amides is 2. The molecule has 0 spiro atoms. The van der Waals surface area contributed by atoms with Gasteiger partial charge in [0.25, 0.3) is 5.91 Å². The Morgan fingerprint density at radius 1 is 0.958 bits per heavy atom. The van der Waals surface area contributed by atoms with Gasteiger partial charge in [0.15, 0.2) is 0 Å². The Morgan fingerprint density at radius 3 is 2.17 bits per heavy atom. The molecule has 1 heterocycles. The van der Waals surface area contributed by atoms with Crippen LogP contribution >= 0.6 is 0 Å². The highest BCUT2D eigenvalue weighted by molar-refractivity contribution is 5.96. The van der Waals surface area contributed by atoms with Gasteiger partial charge in [-0.1, -0.05) is 32.9 Å². The maximum Gasteiger partial charge on any atom is 0.251 e. The zero-order valence-electron chi connectivity index (χ0n) is 14.3. The van der Waals surface area contributed by atoms with E-state index in [0.717, 1.165) is 11.1 Å². The molecule has 0 fully saturated rings. The van der Waals surface area contributed by atoms with E-state index in [2.05, 4.69) is 36.4 Å². The van der Waals surface area contributed by atoms with Gasteiger partial charge in [0.1, 0.15) is 0 Å². The number of pyridine rings is 1. The normalized spacial score (nSPS) is 11.0. The average molecular weight is 325 g/mol. The van der Waals surface area contributed by atoms with Crippen molar-refractivity contribution in [2.75, 3.05) is 6.54 Å². The molecule has 24 heavy (non-hydrogen) atoms. The van der Waals surface area contributed by atoms with E-state index < -0.39 is 0 Å². The van der Waals surface area contributed by atoms with Crippen LogP contribution in [0.5, 0.6) is 0 Å².